The van der Waals surface area contributed by atoms with Gasteiger partial charge in [0.15, 0.2) is 0 Å². The van der Waals surface area contributed by atoms with Gasteiger partial charge in [-0.05, 0) is 65.0 Å². The Labute approximate surface area is 117 Å². The van der Waals surface area contributed by atoms with E-state index in [1.165, 1.54) is 22.3 Å². The number of nitrogens with one attached hydrogen (secondary N) is 1. The fourth-order valence-electron chi connectivity index (χ4n) is 1.89. The van der Waals surface area contributed by atoms with Crippen molar-refractivity contribution in [1.29, 1.82) is 0 Å². The molecule has 0 unspecified atom stereocenters. The van der Waals surface area contributed by atoms with Crippen LogP contribution in [0.1, 0.15) is 22.3 Å². The summed E-state index contributed by atoms with van der Waals surface area (Å²) in [4.78, 5) is 0. The summed E-state index contributed by atoms with van der Waals surface area (Å²) in [5, 5.41) is 3.47. The normalized spacial score (nSPS) is 10.4. The van der Waals surface area contributed by atoms with Crippen LogP contribution in [0.5, 0.6) is 0 Å². The second-order valence-electron chi connectivity index (χ2n) is 4.71. The molecule has 0 spiro atoms. The fraction of sp³-hybridized carbons (Fsp3) is 0.250. The van der Waals surface area contributed by atoms with Gasteiger partial charge in [0.1, 0.15) is 0 Å². The van der Waals surface area contributed by atoms with Gasteiger partial charge in [0, 0.05) is 16.7 Å². The second-order valence-corrected chi connectivity index (χ2v) is 5.50. The lowest BCUT2D eigenvalue weighted by Crippen LogP contribution is -2.01. The Kier molecular flexibility index (Phi) is 4.07. The van der Waals surface area contributed by atoms with Crippen molar-refractivity contribution in [2.45, 2.75) is 27.3 Å². The zero-order chi connectivity index (χ0) is 13.1. The lowest BCUT2D eigenvalue weighted by molar-refractivity contribution is 1.13. The highest BCUT2D eigenvalue weighted by Crippen LogP contribution is 2.26. The molecular weight excluding hydrogens is 286 g/mol. The zero-order valence-corrected chi connectivity index (χ0v) is 12.6. The lowest BCUT2D eigenvalue weighted by Gasteiger charge is -2.11. The average Bonchev–Trinajstić information content (AvgIpc) is 2.35. The van der Waals surface area contributed by atoms with Crippen molar-refractivity contribution in [2.75, 3.05) is 5.32 Å². The Bertz CT molecular complexity index is 561. The van der Waals surface area contributed by atoms with E-state index in [4.69, 9.17) is 0 Å². The number of halogens is 1. The molecule has 1 N–H and O–H groups in total. The van der Waals surface area contributed by atoms with E-state index in [-0.39, 0.29) is 0 Å². The van der Waals surface area contributed by atoms with Crippen LogP contribution in [-0.2, 0) is 6.54 Å². The fourth-order valence-corrected chi connectivity index (χ4v) is 2.30. The molecule has 2 heteroatoms. The van der Waals surface area contributed by atoms with E-state index in [0.29, 0.717) is 0 Å². The van der Waals surface area contributed by atoms with Crippen molar-refractivity contribution in [1.82, 2.24) is 0 Å². The van der Waals surface area contributed by atoms with Gasteiger partial charge < -0.3 is 5.32 Å². The van der Waals surface area contributed by atoms with Crippen LogP contribution in [0.4, 0.5) is 5.69 Å². The van der Waals surface area contributed by atoms with E-state index in [9.17, 15) is 0 Å². The molecule has 0 aliphatic carbocycles. The van der Waals surface area contributed by atoms with Gasteiger partial charge in [-0.15, -0.1) is 0 Å². The molecule has 2 aromatic rings. The van der Waals surface area contributed by atoms with Crippen LogP contribution in [0.3, 0.4) is 0 Å². The van der Waals surface area contributed by atoms with E-state index >= 15 is 0 Å². The number of benzene rings is 2. The molecule has 0 saturated heterocycles. The second kappa shape index (κ2) is 5.57. The third-order valence-corrected chi connectivity index (χ3v) is 4.30. The van der Waals surface area contributed by atoms with E-state index in [0.717, 1.165) is 16.7 Å². The average molecular weight is 304 g/mol. The predicted octanol–water partition coefficient (Wildman–Crippen LogP) is 4.99. The third kappa shape index (κ3) is 2.94. The van der Waals surface area contributed by atoms with Crippen LogP contribution in [0, 0.1) is 20.8 Å². The molecule has 2 rings (SSSR count). The molecule has 0 bridgehead atoms. The molecule has 94 valence electrons. The SMILES string of the molecule is Cc1ccc(CNc2cccc(C)c2Br)cc1C. The zero-order valence-electron chi connectivity index (χ0n) is 11.0. The van der Waals surface area contributed by atoms with E-state index in [1.54, 1.807) is 0 Å². The van der Waals surface area contributed by atoms with Gasteiger partial charge in [0.25, 0.3) is 0 Å². The van der Waals surface area contributed by atoms with Gasteiger partial charge in [-0.2, -0.15) is 0 Å². The Balaban J connectivity index is 2.11. The number of hydrogen-bond acceptors (Lipinski definition) is 1. The number of aryl methyl sites for hydroxylation is 3. The van der Waals surface area contributed by atoms with E-state index in [2.05, 4.69) is 78.4 Å². The van der Waals surface area contributed by atoms with Gasteiger partial charge in [-0.3, -0.25) is 0 Å². The molecule has 0 aliphatic rings. The standard InChI is InChI=1S/C16H18BrN/c1-11-7-8-14(9-13(11)3)10-18-15-6-4-5-12(2)16(15)17/h4-9,18H,10H2,1-3H3. The van der Waals surface area contributed by atoms with Crippen molar-refractivity contribution in [3.05, 3.63) is 63.1 Å². The Morgan fingerprint density at radius 2 is 1.72 bits per heavy atom. The Hall–Kier alpha value is -1.28. The highest BCUT2D eigenvalue weighted by molar-refractivity contribution is 9.10. The van der Waals surface area contributed by atoms with Gasteiger partial charge in [0.2, 0.25) is 0 Å². The van der Waals surface area contributed by atoms with Gasteiger partial charge in [-0.25, -0.2) is 0 Å². The number of hydrogen-bond donors (Lipinski definition) is 1. The third-order valence-electron chi connectivity index (χ3n) is 3.25. The van der Waals surface area contributed by atoms with Crippen LogP contribution in [0.2, 0.25) is 0 Å². The van der Waals surface area contributed by atoms with Crippen molar-refractivity contribution in [2.24, 2.45) is 0 Å². The summed E-state index contributed by atoms with van der Waals surface area (Å²) < 4.78 is 1.15. The molecule has 0 atom stereocenters. The summed E-state index contributed by atoms with van der Waals surface area (Å²) in [6.07, 6.45) is 0. The lowest BCUT2D eigenvalue weighted by atomic mass is 10.1. The molecule has 2 aromatic carbocycles. The Morgan fingerprint density at radius 1 is 0.944 bits per heavy atom. The van der Waals surface area contributed by atoms with Crippen LogP contribution in [0.25, 0.3) is 0 Å². The molecule has 0 fully saturated rings. The monoisotopic (exact) mass is 303 g/mol. The highest BCUT2D eigenvalue weighted by atomic mass is 79.9. The molecular formula is C16H18BrN. The van der Waals surface area contributed by atoms with Crippen molar-refractivity contribution < 1.29 is 0 Å². The Morgan fingerprint density at radius 3 is 2.44 bits per heavy atom. The molecule has 0 heterocycles. The smallest absolute Gasteiger partial charge is 0.0490 e. The van der Waals surface area contributed by atoms with E-state index in [1.807, 2.05) is 0 Å². The molecule has 0 amide bonds. The molecule has 18 heavy (non-hydrogen) atoms. The molecule has 1 nitrogen and oxygen atoms in total. The number of anilines is 1. The topological polar surface area (TPSA) is 12.0 Å². The van der Waals surface area contributed by atoms with Crippen LogP contribution < -0.4 is 5.32 Å². The van der Waals surface area contributed by atoms with Crippen LogP contribution >= 0.6 is 15.9 Å². The molecule has 0 radical (unpaired) electrons. The summed E-state index contributed by atoms with van der Waals surface area (Å²) in [5.74, 6) is 0. The summed E-state index contributed by atoms with van der Waals surface area (Å²) in [7, 11) is 0. The molecule has 0 aliphatic heterocycles. The molecule has 0 aromatic heterocycles. The highest BCUT2D eigenvalue weighted by Gasteiger charge is 2.02. The first-order chi connectivity index (χ1) is 8.58. The molecule has 0 saturated carbocycles. The summed E-state index contributed by atoms with van der Waals surface area (Å²) in [6, 6.07) is 12.9. The van der Waals surface area contributed by atoms with Crippen LogP contribution in [-0.4, -0.2) is 0 Å². The van der Waals surface area contributed by atoms with Gasteiger partial charge in [-0.1, -0.05) is 30.3 Å². The summed E-state index contributed by atoms with van der Waals surface area (Å²) in [6.45, 7) is 7.25. The van der Waals surface area contributed by atoms with Crippen molar-refractivity contribution >= 4 is 21.6 Å². The minimum Gasteiger partial charge on any atom is -0.380 e. The first-order valence-electron chi connectivity index (χ1n) is 6.13. The first kappa shape index (κ1) is 13.2. The van der Waals surface area contributed by atoms with Crippen molar-refractivity contribution in [3.8, 4) is 0 Å². The number of rotatable bonds is 3. The predicted molar refractivity (Wildman–Crippen MR) is 82.1 cm³/mol. The summed E-state index contributed by atoms with van der Waals surface area (Å²) >= 11 is 3.62. The minimum atomic E-state index is 0.850. The van der Waals surface area contributed by atoms with Gasteiger partial charge in [0.05, 0.1) is 0 Å². The maximum Gasteiger partial charge on any atom is 0.0490 e. The maximum absolute atomic E-state index is 3.62. The maximum atomic E-state index is 3.62. The van der Waals surface area contributed by atoms with E-state index < -0.39 is 0 Å². The van der Waals surface area contributed by atoms with Crippen LogP contribution in [0.15, 0.2) is 40.9 Å². The largest absolute Gasteiger partial charge is 0.380 e. The minimum absolute atomic E-state index is 0.850. The summed E-state index contributed by atoms with van der Waals surface area (Å²) in [5.41, 5.74) is 6.40. The van der Waals surface area contributed by atoms with Crippen molar-refractivity contribution in [3.63, 3.8) is 0 Å². The quantitative estimate of drug-likeness (QED) is 0.842. The van der Waals surface area contributed by atoms with Gasteiger partial charge >= 0.3 is 0 Å². The first-order valence-corrected chi connectivity index (χ1v) is 6.92.